The molecule has 3 aromatic rings. The second kappa shape index (κ2) is 9.85. The van der Waals surface area contributed by atoms with Crippen LogP contribution in [0.2, 0.25) is 0 Å². The number of nitrogens with zero attached hydrogens (tertiary/aromatic N) is 1. The Morgan fingerprint density at radius 1 is 0.972 bits per heavy atom. The van der Waals surface area contributed by atoms with E-state index in [9.17, 15) is 19.1 Å². The molecule has 1 aliphatic heterocycles. The Labute approximate surface area is 209 Å². The number of carbonyl (C=O) groups excluding carboxylic acids is 2. The standard InChI is InChI=1S/C29H28FNO5/c1-6-36-24-15-19(10-12-23(24)35-5)26-25(27(32)20-9-11-21(30)18(4)14-20)28(33)29(34)31(26)22-13-16(2)7-8-17(22)3/h7-15,26,32H,6H2,1-5H3/b27-25-. The topological polar surface area (TPSA) is 76.1 Å². The number of methoxy groups -OCH3 is 1. The molecule has 1 amide bonds. The summed E-state index contributed by atoms with van der Waals surface area (Å²) in [6, 6.07) is 13.9. The SMILES string of the molecule is CCOc1cc(C2/C(=C(/O)c3ccc(F)c(C)c3)C(=O)C(=O)N2c2cc(C)ccc2C)ccc1OC. The maximum atomic E-state index is 13.9. The molecule has 36 heavy (non-hydrogen) atoms. The lowest BCUT2D eigenvalue weighted by molar-refractivity contribution is -0.132. The van der Waals surface area contributed by atoms with E-state index in [1.807, 2.05) is 39.0 Å². The van der Waals surface area contributed by atoms with E-state index >= 15 is 0 Å². The van der Waals surface area contributed by atoms with Crippen LogP contribution in [0.1, 0.15) is 40.8 Å². The summed E-state index contributed by atoms with van der Waals surface area (Å²) >= 11 is 0. The van der Waals surface area contributed by atoms with E-state index in [1.165, 1.54) is 30.2 Å². The van der Waals surface area contributed by atoms with Gasteiger partial charge in [-0.1, -0.05) is 18.2 Å². The molecule has 6 nitrogen and oxygen atoms in total. The van der Waals surface area contributed by atoms with Gasteiger partial charge in [0.1, 0.15) is 11.6 Å². The molecule has 7 heteroatoms. The number of aryl methyl sites for hydroxylation is 3. The molecule has 1 unspecified atom stereocenters. The van der Waals surface area contributed by atoms with Crippen molar-refractivity contribution in [3.63, 3.8) is 0 Å². The van der Waals surface area contributed by atoms with Crippen molar-refractivity contribution in [2.75, 3.05) is 18.6 Å². The van der Waals surface area contributed by atoms with Gasteiger partial charge < -0.3 is 14.6 Å². The van der Waals surface area contributed by atoms with Crippen LogP contribution < -0.4 is 14.4 Å². The number of ketones is 1. The number of carbonyl (C=O) groups is 2. The van der Waals surface area contributed by atoms with E-state index in [1.54, 1.807) is 25.1 Å². The largest absolute Gasteiger partial charge is 0.507 e. The van der Waals surface area contributed by atoms with Crippen molar-refractivity contribution in [3.8, 4) is 11.5 Å². The molecule has 1 N–H and O–H groups in total. The number of amides is 1. The number of hydrogen-bond donors (Lipinski definition) is 1. The summed E-state index contributed by atoms with van der Waals surface area (Å²) in [6.07, 6.45) is 0. The molecule has 0 bridgehead atoms. The first-order chi connectivity index (χ1) is 17.2. The van der Waals surface area contributed by atoms with E-state index in [2.05, 4.69) is 0 Å². The minimum atomic E-state index is -0.944. The van der Waals surface area contributed by atoms with Crippen LogP contribution in [0.4, 0.5) is 10.1 Å². The number of Topliss-reactive ketones (excluding diaryl/α,β-unsaturated/α-hetero) is 1. The Balaban J connectivity index is 2.01. The van der Waals surface area contributed by atoms with Crippen molar-refractivity contribution < 1.29 is 28.6 Å². The Morgan fingerprint density at radius 2 is 1.72 bits per heavy atom. The number of ether oxygens (including phenoxy) is 2. The number of hydrogen-bond acceptors (Lipinski definition) is 5. The first-order valence-electron chi connectivity index (χ1n) is 11.6. The third-order valence-corrected chi connectivity index (χ3v) is 6.30. The molecule has 0 spiro atoms. The lowest BCUT2D eigenvalue weighted by Crippen LogP contribution is -2.30. The van der Waals surface area contributed by atoms with Crippen LogP contribution in [-0.4, -0.2) is 30.5 Å². The number of anilines is 1. The minimum absolute atomic E-state index is 0.0838. The number of rotatable bonds is 6. The number of halogens is 1. The summed E-state index contributed by atoms with van der Waals surface area (Å²) in [7, 11) is 1.52. The number of aliphatic hydroxyl groups is 1. The highest BCUT2D eigenvalue weighted by Gasteiger charge is 2.47. The summed E-state index contributed by atoms with van der Waals surface area (Å²) in [4.78, 5) is 28.3. The summed E-state index contributed by atoms with van der Waals surface area (Å²) in [5.74, 6) is -1.45. The zero-order valence-electron chi connectivity index (χ0n) is 20.9. The van der Waals surface area contributed by atoms with Gasteiger partial charge in [-0.2, -0.15) is 0 Å². The fraction of sp³-hybridized carbons (Fsp3) is 0.241. The molecular formula is C29H28FNO5. The van der Waals surface area contributed by atoms with Gasteiger partial charge in [-0.25, -0.2) is 4.39 Å². The van der Waals surface area contributed by atoms with Gasteiger partial charge in [0.2, 0.25) is 0 Å². The van der Waals surface area contributed by atoms with Crippen LogP contribution in [0.25, 0.3) is 5.76 Å². The summed E-state index contributed by atoms with van der Waals surface area (Å²) in [5.41, 5.74) is 3.29. The van der Waals surface area contributed by atoms with Crippen molar-refractivity contribution in [1.29, 1.82) is 0 Å². The van der Waals surface area contributed by atoms with Crippen LogP contribution in [0.3, 0.4) is 0 Å². The van der Waals surface area contributed by atoms with Gasteiger partial charge in [-0.3, -0.25) is 14.5 Å². The van der Waals surface area contributed by atoms with Crippen molar-refractivity contribution in [3.05, 3.63) is 93.8 Å². The van der Waals surface area contributed by atoms with E-state index in [0.717, 1.165) is 11.1 Å². The molecule has 0 aliphatic carbocycles. The highest BCUT2D eigenvalue weighted by atomic mass is 19.1. The lowest BCUT2D eigenvalue weighted by Gasteiger charge is -2.27. The highest BCUT2D eigenvalue weighted by molar-refractivity contribution is 6.51. The third kappa shape index (κ3) is 4.33. The van der Waals surface area contributed by atoms with Crippen LogP contribution in [0.5, 0.6) is 11.5 Å². The first kappa shape index (κ1) is 25.0. The van der Waals surface area contributed by atoms with Crippen LogP contribution in [-0.2, 0) is 9.59 Å². The molecule has 1 saturated heterocycles. The van der Waals surface area contributed by atoms with Crippen molar-refractivity contribution in [2.24, 2.45) is 0 Å². The molecule has 1 atom stereocenters. The Morgan fingerprint density at radius 3 is 2.39 bits per heavy atom. The van der Waals surface area contributed by atoms with Crippen molar-refractivity contribution in [1.82, 2.24) is 0 Å². The molecule has 186 valence electrons. The van der Waals surface area contributed by atoms with Crippen LogP contribution in [0, 0.1) is 26.6 Å². The first-order valence-corrected chi connectivity index (χ1v) is 11.6. The van der Waals surface area contributed by atoms with Gasteiger partial charge >= 0.3 is 0 Å². The van der Waals surface area contributed by atoms with E-state index in [0.29, 0.717) is 34.9 Å². The molecular weight excluding hydrogens is 461 g/mol. The molecule has 3 aromatic carbocycles. The molecule has 1 fully saturated rings. The molecule has 1 aliphatic rings. The average Bonchev–Trinajstić information content (AvgIpc) is 3.12. The zero-order chi connectivity index (χ0) is 26.1. The molecule has 0 radical (unpaired) electrons. The van der Waals surface area contributed by atoms with E-state index in [4.69, 9.17) is 9.47 Å². The smallest absolute Gasteiger partial charge is 0.300 e. The van der Waals surface area contributed by atoms with Gasteiger partial charge in [-0.15, -0.1) is 0 Å². The summed E-state index contributed by atoms with van der Waals surface area (Å²) in [6.45, 7) is 7.54. The van der Waals surface area contributed by atoms with E-state index in [-0.39, 0.29) is 16.9 Å². The van der Waals surface area contributed by atoms with Gasteiger partial charge in [0.15, 0.2) is 11.5 Å². The fourth-order valence-electron chi connectivity index (χ4n) is 4.45. The Hall–Kier alpha value is -4.13. The Bertz CT molecular complexity index is 1390. The quantitative estimate of drug-likeness (QED) is 0.270. The van der Waals surface area contributed by atoms with Gasteiger partial charge in [0, 0.05) is 11.3 Å². The number of benzene rings is 3. The normalized spacial score (nSPS) is 16.9. The van der Waals surface area contributed by atoms with Crippen LogP contribution >= 0.6 is 0 Å². The van der Waals surface area contributed by atoms with Gasteiger partial charge in [-0.05, 0) is 86.3 Å². The second-order valence-corrected chi connectivity index (χ2v) is 8.77. The van der Waals surface area contributed by atoms with E-state index < -0.39 is 23.5 Å². The average molecular weight is 490 g/mol. The zero-order valence-corrected chi connectivity index (χ0v) is 20.9. The molecule has 1 heterocycles. The summed E-state index contributed by atoms with van der Waals surface area (Å²) in [5, 5.41) is 11.3. The molecule has 4 rings (SSSR count). The molecule has 0 saturated carbocycles. The van der Waals surface area contributed by atoms with Gasteiger partial charge in [0.05, 0.1) is 25.3 Å². The monoisotopic (exact) mass is 489 g/mol. The molecule has 0 aromatic heterocycles. The second-order valence-electron chi connectivity index (χ2n) is 8.77. The maximum absolute atomic E-state index is 13.9. The van der Waals surface area contributed by atoms with Crippen molar-refractivity contribution in [2.45, 2.75) is 33.7 Å². The summed E-state index contributed by atoms with van der Waals surface area (Å²) < 4.78 is 25.1. The van der Waals surface area contributed by atoms with Gasteiger partial charge in [0.25, 0.3) is 11.7 Å². The number of aliphatic hydroxyl groups excluding tert-OH is 1. The van der Waals surface area contributed by atoms with Crippen LogP contribution in [0.15, 0.2) is 60.2 Å². The lowest BCUT2D eigenvalue weighted by atomic mass is 9.94. The predicted molar refractivity (Wildman–Crippen MR) is 136 cm³/mol. The van der Waals surface area contributed by atoms with Crippen molar-refractivity contribution >= 4 is 23.1 Å². The maximum Gasteiger partial charge on any atom is 0.300 e. The minimum Gasteiger partial charge on any atom is -0.507 e. The highest BCUT2D eigenvalue weighted by Crippen LogP contribution is 2.45. The third-order valence-electron chi connectivity index (χ3n) is 6.30. The Kier molecular flexibility index (Phi) is 6.84. The fourth-order valence-corrected chi connectivity index (χ4v) is 4.45. The predicted octanol–water partition coefficient (Wildman–Crippen LogP) is 5.78.